The Hall–Kier alpha value is -2.00. The van der Waals surface area contributed by atoms with E-state index in [1.165, 1.54) is 12.1 Å². The van der Waals surface area contributed by atoms with Gasteiger partial charge >= 0.3 is 0 Å². The summed E-state index contributed by atoms with van der Waals surface area (Å²) in [5.74, 6) is -0.190. The average Bonchev–Trinajstić information content (AvgIpc) is 2.46. The minimum absolute atomic E-state index is 0.0621. The fourth-order valence-corrected chi connectivity index (χ4v) is 1.93. The molecule has 0 radical (unpaired) electrons. The Morgan fingerprint density at radius 2 is 1.70 bits per heavy atom. The van der Waals surface area contributed by atoms with Crippen LogP contribution in [0.1, 0.15) is 28.4 Å². The molecule has 0 aliphatic rings. The van der Waals surface area contributed by atoms with Crippen molar-refractivity contribution in [3.05, 3.63) is 71.0 Å². The van der Waals surface area contributed by atoms with E-state index < -0.39 is 0 Å². The minimum atomic E-state index is -0.275. The fraction of sp³-hybridized carbons (Fsp3) is 0.235. The molecule has 3 heteroatoms. The van der Waals surface area contributed by atoms with Crippen LogP contribution in [0.5, 0.6) is 0 Å². The highest BCUT2D eigenvalue weighted by molar-refractivity contribution is 5.99. The highest BCUT2D eigenvalue weighted by Gasteiger charge is 2.14. The van der Waals surface area contributed by atoms with Crippen LogP contribution in [0.4, 0.5) is 4.39 Å². The molecule has 20 heavy (non-hydrogen) atoms. The van der Waals surface area contributed by atoms with E-state index in [4.69, 9.17) is 0 Å². The van der Waals surface area contributed by atoms with Gasteiger partial charge in [-0.25, -0.2) is 4.39 Å². The van der Waals surface area contributed by atoms with Crippen LogP contribution in [-0.4, -0.2) is 11.8 Å². The van der Waals surface area contributed by atoms with Gasteiger partial charge in [0, 0.05) is 12.1 Å². The second-order valence-electron chi connectivity index (χ2n) is 4.96. The van der Waals surface area contributed by atoms with Gasteiger partial charge in [-0.1, -0.05) is 42.0 Å². The number of halogens is 1. The molecule has 1 N–H and O–H groups in total. The number of nitrogens with one attached hydrogen (secondary N) is 1. The molecular weight excluding hydrogens is 253 g/mol. The first-order valence-electron chi connectivity index (χ1n) is 6.65. The summed E-state index contributed by atoms with van der Waals surface area (Å²) in [4.78, 5) is 12.2. The molecule has 2 nitrogen and oxygen atoms in total. The summed E-state index contributed by atoms with van der Waals surface area (Å²) in [6, 6.07) is 13.5. The first kappa shape index (κ1) is 14.4. The number of benzene rings is 2. The van der Waals surface area contributed by atoms with Crippen LogP contribution in [0.15, 0.2) is 48.5 Å². The smallest absolute Gasteiger partial charge is 0.179 e. The molecule has 0 amide bonds. The molecule has 0 heterocycles. The molecule has 104 valence electrons. The van der Waals surface area contributed by atoms with Crippen molar-refractivity contribution in [2.45, 2.75) is 26.4 Å². The molecule has 2 rings (SSSR count). The Kier molecular flexibility index (Phi) is 4.64. The summed E-state index contributed by atoms with van der Waals surface area (Å²) < 4.78 is 12.8. The molecule has 1 unspecified atom stereocenters. The molecule has 0 fully saturated rings. The summed E-state index contributed by atoms with van der Waals surface area (Å²) in [7, 11) is 0. The van der Waals surface area contributed by atoms with Crippen molar-refractivity contribution in [3.63, 3.8) is 0 Å². The highest BCUT2D eigenvalue weighted by Crippen LogP contribution is 2.08. The van der Waals surface area contributed by atoms with E-state index in [2.05, 4.69) is 5.32 Å². The Balaban J connectivity index is 1.94. The van der Waals surface area contributed by atoms with Gasteiger partial charge in [-0.2, -0.15) is 0 Å². The largest absolute Gasteiger partial charge is 0.303 e. The number of carbonyl (C=O) groups excluding carboxylic acids is 1. The van der Waals surface area contributed by atoms with Gasteiger partial charge in [0.1, 0.15) is 5.82 Å². The van der Waals surface area contributed by atoms with Crippen LogP contribution in [0.25, 0.3) is 0 Å². The topological polar surface area (TPSA) is 29.1 Å². The average molecular weight is 271 g/mol. The molecule has 0 aliphatic carbocycles. The zero-order chi connectivity index (χ0) is 14.5. The van der Waals surface area contributed by atoms with E-state index in [0.717, 1.165) is 11.1 Å². The molecule has 0 saturated heterocycles. The van der Waals surface area contributed by atoms with Gasteiger partial charge in [-0.15, -0.1) is 0 Å². The van der Waals surface area contributed by atoms with Gasteiger partial charge in [0.15, 0.2) is 5.78 Å². The number of hydrogen-bond acceptors (Lipinski definition) is 2. The van der Waals surface area contributed by atoms with Gasteiger partial charge < -0.3 is 5.32 Å². The fourth-order valence-electron chi connectivity index (χ4n) is 1.93. The maximum absolute atomic E-state index is 12.8. The number of aryl methyl sites for hydroxylation is 1. The van der Waals surface area contributed by atoms with Crippen molar-refractivity contribution in [1.29, 1.82) is 0 Å². The maximum atomic E-state index is 12.8. The lowest BCUT2D eigenvalue weighted by atomic mass is 10.0. The summed E-state index contributed by atoms with van der Waals surface area (Å²) >= 11 is 0. The van der Waals surface area contributed by atoms with Crippen molar-refractivity contribution in [2.24, 2.45) is 0 Å². The first-order chi connectivity index (χ1) is 9.56. The zero-order valence-electron chi connectivity index (χ0n) is 11.7. The summed E-state index contributed by atoms with van der Waals surface area (Å²) in [5.41, 5.74) is 2.79. The van der Waals surface area contributed by atoms with E-state index in [0.29, 0.717) is 12.1 Å². The normalized spacial score (nSPS) is 12.2. The summed E-state index contributed by atoms with van der Waals surface area (Å²) in [6.07, 6.45) is 0. The minimum Gasteiger partial charge on any atom is -0.303 e. The second kappa shape index (κ2) is 6.44. The van der Waals surface area contributed by atoms with Gasteiger partial charge in [-0.3, -0.25) is 4.79 Å². The molecular formula is C17H18FNO. The third kappa shape index (κ3) is 3.75. The van der Waals surface area contributed by atoms with Gasteiger partial charge in [0.05, 0.1) is 6.04 Å². The Morgan fingerprint density at radius 3 is 2.30 bits per heavy atom. The zero-order valence-corrected chi connectivity index (χ0v) is 11.7. The van der Waals surface area contributed by atoms with E-state index in [-0.39, 0.29) is 17.6 Å². The van der Waals surface area contributed by atoms with Crippen molar-refractivity contribution in [2.75, 3.05) is 0 Å². The van der Waals surface area contributed by atoms with Gasteiger partial charge in [0.2, 0.25) is 0 Å². The second-order valence-corrected chi connectivity index (χ2v) is 4.96. The van der Waals surface area contributed by atoms with Crippen LogP contribution in [0.2, 0.25) is 0 Å². The lowest BCUT2D eigenvalue weighted by molar-refractivity contribution is 0.0950. The quantitative estimate of drug-likeness (QED) is 0.843. The van der Waals surface area contributed by atoms with Crippen LogP contribution in [0.3, 0.4) is 0 Å². The van der Waals surface area contributed by atoms with Crippen LogP contribution < -0.4 is 5.32 Å². The van der Waals surface area contributed by atoms with Crippen molar-refractivity contribution in [3.8, 4) is 0 Å². The summed E-state index contributed by atoms with van der Waals surface area (Å²) in [5, 5.41) is 3.16. The Labute approximate surface area is 118 Å². The molecule has 0 aliphatic heterocycles. The van der Waals surface area contributed by atoms with E-state index in [1.807, 2.05) is 38.1 Å². The predicted octanol–water partition coefficient (Wildman–Crippen LogP) is 3.50. The number of Topliss-reactive ketones (excluding diaryl/α,β-unsaturated/α-hetero) is 1. The third-order valence-electron chi connectivity index (χ3n) is 3.25. The Morgan fingerprint density at radius 1 is 1.10 bits per heavy atom. The van der Waals surface area contributed by atoms with Crippen molar-refractivity contribution >= 4 is 5.78 Å². The first-order valence-corrected chi connectivity index (χ1v) is 6.65. The SMILES string of the molecule is Cc1ccc(C(=O)C(C)NCc2ccc(F)cc2)cc1. The predicted molar refractivity (Wildman–Crippen MR) is 78.2 cm³/mol. The van der Waals surface area contributed by atoms with Crippen molar-refractivity contribution in [1.82, 2.24) is 5.32 Å². The van der Waals surface area contributed by atoms with Crippen LogP contribution in [0, 0.1) is 12.7 Å². The third-order valence-corrected chi connectivity index (χ3v) is 3.25. The number of ketones is 1. The molecule has 0 saturated carbocycles. The van der Waals surface area contributed by atoms with E-state index in [9.17, 15) is 9.18 Å². The lowest BCUT2D eigenvalue weighted by Crippen LogP contribution is -2.33. The Bertz CT molecular complexity index is 575. The van der Waals surface area contributed by atoms with E-state index in [1.54, 1.807) is 12.1 Å². The van der Waals surface area contributed by atoms with Crippen LogP contribution in [-0.2, 0) is 6.54 Å². The molecule has 0 aromatic heterocycles. The monoisotopic (exact) mass is 271 g/mol. The van der Waals surface area contributed by atoms with Gasteiger partial charge in [0.25, 0.3) is 0 Å². The molecule has 1 atom stereocenters. The molecule has 0 bridgehead atoms. The number of carbonyl (C=O) groups is 1. The van der Waals surface area contributed by atoms with E-state index >= 15 is 0 Å². The lowest BCUT2D eigenvalue weighted by Gasteiger charge is -2.13. The van der Waals surface area contributed by atoms with Crippen molar-refractivity contribution < 1.29 is 9.18 Å². The summed E-state index contributed by atoms with van der Waals surface area (Å²) in [6.45, 7) is 4.37. The van der Waals surface area contributed by atoms with Gasteiger partial charge in [-0.05, 0) is 31.5 Å². The maximum Gasteiger partial charge on any atom is 0.179 e. The highest BCUT2D eigenvalue weighted by atomic mass is 19.1. The molecule has 2 aromatic carbocycles. The molecule has 2 aromatic rings. The number of rotatable bonds is 5. The number of hydrogen-bond donors (Lipinski definition) is 1. The standard InChI is InChI=1S/C17H18FNO/c1-12-3-7-15(8-4-12)17(20)13(2)19-11-14-5-9-16(18)10-6-14/h3-10,13,19H,11H2,1-2H3. The van der Waals surface area contributed by atoms with Crippen LogP contribution >= 0.6 is 0 Å². The molecule has 0 spiro atoms.